The first-order valence-electron chi connectivity index (χ1n) is 9.47. The number of hydrogen-bond donors (Lipinski definition) is 5. The van der Waals surface area contributed by atoms with E-state index in [1.54, 1.807) is 30.3 Å². The van der Waals surface area contributed by atoms with Crippen LogP contribution in [-0.2, 0) is 9.59 Å². The summed E-state index contributed by atoms with van der Waals surface area (Å²) in [6.45, 7) is 1.90. The third-order valence-corrected chi connectivity index (χ3v) is 4.29. The molecule has 0 aromatic heterocycles. The number of para-hydroxylation sites is 1. The van der Waals surface area contributed by atoms with E-state index in [4.69, 9.17) is 0 Å². The Hall–Kier alpha value is -4.66. The van der Waals surface area contributed by atoms with Gasteiger partial charge in [0.15, 0.2) is 0 Å². The van der Waals surface area contributed by atoms with E-state index in [0.717, 1.165) is 17.8 Å². The molecule has 0 atom stereocenters. The van der Waals surface area contributed by atoms with Crippen LogP contribution in [0.4, 0.5) is 11.4 Å². The number of hydrogen-bond acceptors (Lipinski definition) is 6. The Balaban J connectivity index is 1.65. The Labute approximate surface area is 183 Å². The van der Waals surface area contributed by atoms with Crippen molar-refractivity contribution in [3.8, 4) is 11.5 Å². The van der Waals surface area contributed by atoms with Gasteiger partial charge in [-0.05, 0) is 48.9 Å². The quantitative estimate of drug-likeness (QED) is 0.240. The number of nitrogens with one attached hydrogen (secondary N) is 3. The number of benzene rings is 3. The van der Waals surface area contributed by atoms with Crippen LogP contribution in [0.3, 0.4) is 0 Å². The summed E-state index contributed by atoms with van der Waals surface area (Å²) >= 11 is 0. The molecule has 3 aromatic carbocycles. The molecule has 0 spiro atoms. The van der Waals surface area contributed by atoms with Crippen LogP contribution in [0, 0.1) is 6.92 Å². The number of carbonyl (C=O) groups is 3. The summed E-state index contributed by atoms with van der Waals surface area (Å²) in [5.41, 5.74) is 4.15. The van der Waals surface area contributed by atoms with E-state index >= 15 is 0 Å². The molecule has 3 rings (SSSR count). The number of amides is 3. The predicted octanol–water partition coefficient (Wildman–Crippen LogP) is 2.75. The molecule has 0 aliphatic carbocycles. The first kappa shape index (κ1) is 22.0. The normalized spacial score (nSPS) is 10.5. The van der Waals surface area contributed by atoms with E-state index in [9.17, 15) is 24.6 Å². The summed E-state index contributed by atoms with van der Waals surface area (Å²) < 4.78 is 0. The van der Waals surface area contributed by atoms with Crippen molar-refractivity contribution in [2.45, 2.75) is 6.92 Å². The lowest BCUT2D eigenvalue weighted by molar-refractivity contribution is -0.136. The van der Waals surface area contributed by atoms with Gasteiger partial charge in [-0.3, -0.25) is 14.4 Å². The highest BCUT2D eigenvalue weighted by molar-refractivity contribution is 6.40. The van der Waals surface area contributed by atoms with Gasteiger partial charge in [-0.2, -0.15) is 5.10 Å². The molecule has 0 unspecified atom stereocenters. The Morgan fingerprint density at radius 2 is 1.66 bits per heavy atom. The molecule has 3 aromatic rings. The number of aromatic hydroxyl groups is 2. The molecule has 5 N–H and O–H groups in total. The van der Waals surface area contributed by atoms with Gasteiger partial charge in [0.05, 0.1) is 17.5 Å². The largest absolute Gasteiger partial charge is 0.508 e. The number of nitrogens with zero attached hydrogens (tertiary/aromatic N) is 1. The van der Waals surface area contributed by atoms with Crippen molar-refractivity contribution in [2.75, 3.05) is 10.6 Å². The Bertz CT molecular complexity index is 1210. The van der Waals surface area contributed by atoms with E-state index in [1.807, 2.05) is 18.4 Å². The summed E-state index contributed by atoms with van der Waals surface area (Å²) in [6, 6.07) is 17.3. The Morgan fingerprint density at radius 1 is 0.875 bits per heavy atom. The van der Waals surface area contributed by atoms with Gasteiger partial charge >= 0.3 is 11.8 Å². The molecule has 0 bridgehead atoms. The van der Waals surface area contributed by atoms with Gasteiger partial charge in [0.2, 0.25) is 0 Å². The van der Waals surface area contributed by atoms with E-state index in [0.29, 0.717) is 5.69 Å². The third kappa shape index (κ3) is 5.70. The highest BCUT2D eigenvalue weighted by Crippen LogP contribution is 2.21. The second-order valence-corrected chi connectivity index (χ2v) is 6.77. The highest BCUT2D eigenvalue weighted by Gasteiger charge is 2.18. The van der Waals surface area contributed by atoms with Crippen LogP contribution in [0.1, 0.15) is 21.5 Å². The third-order valence-electron chi connectivity index (χ3n) is 4.29. The van der Waals surface area contributed by atoms with Gasteiger partial charge in [-0.15, -0.1) is 0 Å². The van der Waals surface area contributed by atoms with Gasteiger partial charge in [-0.25, -0.2) is 5.43 Å². The zero-order valence-corrected chi connectivity index (χ0v) is 17.0. The smallest absolute Gasteiger partial charge is 0.329 e. The highest BCUT2D eigenvalue weighted by atomic mass is 16.3. The molecule has 9 nitrogen and oxygen atoms in total. The lowest BCUT2D eigenvalue weighted by Crippen LogP contribution is -2.33. The monoisotopic (exact) mass is 432 g/mol. The van der Waals surface area contributed by atoms with Crippen molar-refractivity contribution < 1.29 is 24.6 Å². The molecule has 0 saturated heterocycles. The second kappa shape index (κ2) is 9.90. The molecule has 0 saturated carbocycles. The fourth-order valence-electron chi connectivity index (χ4n) is 2.74. The minimum Gasteiger partial charge on any atom is -0.508 e. The maximum absolute atomic E-state index is 12.7. The summed E-state index contributed by atoms with van der Waals surface area (Å²) in [4.78, 5) is 36.9. The van der Waals surface area contributed by atoms with Crippen LogP contribution in [0.25, 0.3) is 0 Å². The lowest BCUT2D eigenvalue weighted by atomic mass is 10.1. The van der Waals surface area contributed by atoms with Crippen molar-refractivity contribution >= 4 is 35.3 Å². The van der Waals surface area contributed by atoms with Crippen LogP contribution >= 0.6 is 0 Å². The van der Waals surface area contributed by atoms with E-state index < -0.39 is 17.7 Å². The fourth-order valence-corrected chi connectivity index (χ4v) is 2.74. The molecule has 0 aliphatic rings. The van der Waals surface area contributed by atoms with Crippen molar-refractivity contribution in [1.29, 1.82) is 0 Å². The minimum absolute atomic E-state index is 0.131. The molecule has 9 heteroatoms. The molecule has 3 amide bonds. The predicted molar refractivity (Wildman–Crippen MR) is 120 cm³/mol. The SMILES string of the molecule is Cc1cccc(NC(=O)c2ccccc2NC(=O)C(=O)N/N=C\c2ccc(O)cc2O)c1. The maximum Gasteiger partial charge on any atom is 0.329 e. The number of phenols is 2. The van der Waals surface area contributed by atoms with Crippen LogP contribution in [0.15, 0.2) is 71.8 Å². The fraction of sp³-hybridized carbons (Fsp3) is 0.0435. The van der Waals surface area contributed by atoms with Gasteiger partial charge in [0.1, 0.15) is 11.5 Å². The molecule has 0 fully saturated rings. The van der Waals surface area contributed by atoms with Gasteiger partial charge < -0.3 is 20.8 Å². The first-order chi connectivity index (χ1) is 15.3. The molecule has 0 heterocycles. The Morgan fingerprint density at radius 3 is 2.41 bits per heavy atom. The van der Waals surface area contributed by atoms with Crippen LogP contribution in [0.5, 0.6) is 11.5 Å². The van der Waals surface area contributed by atoms with E-state index in [2.05, 4.69) is 15.7 Å². The van der Waals surface area contributed by atoms with Gasteiger partial charge in [0.25, 0.3) is 5.91 Å². The van der Waals surface area contributed by atoms with Crippen LogP contribution in [-0.4, -0.2) is 34.1 Å². The minimum atomic E-state index is -1.08. The number of anilines is 2. The van der Waals surface area contributed by atoms with E-state index in [1.165, 1.54) is 24.3 Å². The standard InChI is InChI=1S/C23H20N4O5/c1-14-5-4-6-16(11-14)25-21(30)18-7-2-3-8-19(18)26-22(31)23(32)27-24-13-15-9-10-17(28)12-20(15)29/h2-13,28-29H,1H3,(H,25,30)(H,26,31)(H,27,32)/b24-13-. The van der Waals surface area contributed by atoms with E-state index in [-0.39, 0.29) is 28.3 Å². The van der Waals surface area contributed by atoms with Crippen molar-refractivity contribution in [3.05, 3.63) is 83.4 Å². The second-order valence-electron chi connectivity index (χ2n) is 6.77. The number of phenolic OH excluding ortho intramolecular Hbond substituents is 2. The molecule has 0 aliphatic heterocycles. The molecular weight excluding hydrogens is 412 g/mol. The molecular formula is C23H20N4O5. The average Bonchev–Trinajstić information content (AvgIpc) is 2.75. The van der Waals surface area contributed by atoms with Crippen LogP contribution in [0.2, 0.25) is 0 Å². The summed E-state index contributed by atoms with van der Waals surface area (Å²) in [5.74, 6) is -2.94. The number of carbonyl (C=O) groups excluding carboxylic acids is 3. The zero-order valence-electron chi connectivity index (χ0n) is 17.0. The molecule has 0 radical (unpaired) electrons. The summed E-state index contributed by atoms with van der Waals surface area (Å²) in [6.07, 6.45) is 1.11. The summed E-state index contributed by atoms with van der Waals surface area (Å²) in [5, 5.41) is 27.7. The van der Waals surface area contributed by atoms with Crippen molar-refractivity contribution in [1.82, 2.24) is 5.43 Å². The van der Waals surface area contributed by atoms with Gasteiger partial charge in [0, 0.05) is 17.3 Å². The van der Waals surface area contributed by atoms with Gasteiger partial charge in [-0.1, -0.05) is 24.3 Å². The summed E-state index contributed by atoms with van der Waals surface area (Å²) in [7, 11) is 0. The maximum atomic E-state index is 12.7. The average molecular weight is 432 g/mol. The number of rotatable bonds is 5. The number of hydrazone groups is 1. The topological polar surface area (TPSA) is 140 Å². The first-order valence-corrected chi connectivity index (χ1v) is 9.47. The Kier molecular flexibility index (Phi) is 6.81. The molecule has 32 heavy (non-hydrogen) atoms. The van der Waals surface area contributed by atoms with Crippen molar-refractivity contribution in [3.63, 3.8) is 0 Å². The zero-order chi connectivity index (χ0) is 23.1. The molecule has 162 valence electrons. The lowest BCUT2D eigenvalue weighted by Gasteiger charge is -2.11. The van der Waals surface area contributed by atoms with Crippen LogP contribution < -0.4 is 16.1 Å². The number of aryl methyl sites for hydroxylation is 1. The van der Waals surface area contributed by atoms with Crippen molar-refractivity contribution in [2.24, 2.45) is 5.10 Å².